The first-order chi connectivity index (χ1) is 9.43. The van der Waals surface area contributed by atoms with E-state index in [2.05, 4.69) is 29.7 Å². The van der Waals surface area contributed by atoms with E-state index in [0.29, 0.717) is 0 Å². The van der Waals surface area contributed by atoms with Gasteiger partial charge in [0.15, 0.2) is 0 Å². The number of allylic oxidation sites excluding steroid dienone is 2. The Labute approximate surface area is 120 Å². The van der Waals surface area contributed by atoms with Gasteiger partial charge in [0.25, 0.3) is 0 Å². The van der Waals surface area contributed by atoms with E-state index < -0.39 is 0 Å². The van der Waals surface area contributed by atoms with E-state index >= 15 is 0 Å². The van der Waals surface area contributed by atoms with Crippen molar-refractivity contribution in [2.75, 3.05) is 19.6 Å². The molecule has 0 aromatic rings. The molecule has 1 heterocycles. The van der Waals surface area contributed by atoms with E-state index in [1.807, 2.05) is 0 Å². The summed E-state index contributed by atoms with van der Waals surface area (Å²) >= 11 is 0. The largest absolute Gasteiger partial charge is 0.314 e. The first kappa shape index (κ1) is 16.7. The van der Waals surface area contributed by atoms with Crippen LogP contribution in [0, 0.1) is 0 Å². The molecule has 1 atom stereocenters. The van der Waals surface area contributed by atoms with Crippen LogP contribution >= 0.6 is 0 Å². The minimum Gasteiger partial charge on any atom is -0.314 e. The third-order valence-electron chi connectivity index (χ3n) is 3.94. The summed E-state index contributed by atoms with van der Waals surface area (Å²) in [6, 6.07) is 0.732. The Morgan fingerprint density at radius 1 is 0.895 bits per heavy atom. The average molecular weight is 266 g/mol. The minimum absolute atomic E-state index is 0.732. The molecule has 0 amide bonds. The van der Waals surface area contributed by atoms with Crippen molar-refractivity contribution in [1.29, 1.82) is 0 Å². The van der Waals surface area contributed by atoms with Crippen molar-refractivity contribution >= 4 is 0 Å². The summed E-state index contributed by atoms with van der Waals surface area (Å²) in [4.78, 5) is 0. The first-order valence-corrected chi connectivity index (χ1v) is 8.52. The predicted molar refractivity (Wildman–Crippen MR) is 85.6 cm³/mol. The van der Waals surface area contributed by atoms with Gasteiger partial charge in [-0.25, -0.2) is 0 Å². The van der Waals surface area contributed by atoms with Gasteiger partial charge in [0.2, 0.25) is 0 Å². The molecular formula is C17H34N2. The van der Waals surface area contributed by atoms with E-state index in [-0.39, 0.29) is 0 Å². The van der Waals surface area contributed by atoms with Crippen molar-refractivity contribution < 1.29 is 0 Å². The second-order valence-electron chi connectivity index (χ2n) is 5.81. The molecule has 1 aliphatic rings. The molecule has 19 heavy (non-hydrogen) atoms. The number of nitrogens with one attached hydrogen (secondary N) is 2. The lowest BCUT2D eigenvalue weighted by atomic mass is 10.0. The van der Waals surface area contributed by atoms with Crippen LogP contribution in [0.4, 0.5) is 0 Å². The van der Waals surface area contributed by atoms with Gasteiger partial charge in [-0.3, -0.25) is 0 Å². The van der Waals surface area contributed by atoms with Gasteiger partial charge in [-0.15, -0.1) is 0 Å². The van der Waals surface area contributed by atoms with Crippen LogP contribution in [0.1, 0.15) is 71.1 Å². The van der Waals surface area contributed by atoms with Crippen LogP contribution in [-0.4, -0.2) is 25.7 Å². The van der Waals surface area contributed by atoms with Crippen molar-refractivity contribution in [2.45, 2.75) is 77.2 Å². The Morgan fingerprint density at radius 3 is 2.37 bits per heavy atom. The standard InChI is InChI=1S/C17H34N2/c1-2-3-4-5-6-7-8-9-10-11-12-13-17-16-18-14-15-19-17/h5-6,17-19H,2-4,7-16H2,1H3/b6-5-. The molecule has 1 fully saturated rings. The molecule has 0 bridgehead atoms. The lowest BCUT2D eigenvalue weighted by Crippen LogP contribution is -2.48. The Morgan fingerprint density at radius 2 is 1.63 bits per heavy atom. The zero-order valence-electron chi connectivity index (χ0n) is 12.9. The molecule has 0 saturated carbocycles. The minimum atomic E-state index is 0.732. The quantitative estimate of drug-likeness (QED) is 0.436. The first-order valence-electron chi connectivity index (χ1n) is 8.52. The highest BCUT2D eigenvalue weighted by atomic mass is 15.0. The van der Waals surface area contributed by atoms with Crippen molar-refractivity contribution in [3.63, 3.8) is 0 Å². The molecule has 2 heteroatoms. The molecule has 0 aromatic carbocycles. The molecule has 2 nitrogen and oxygen atoms in total. The molecule has 0 aliphatic carbocycles. The van der Waals surface area contributed by atoms with Gasteiger partial charge in [0.05, 0.1) is 0 Å². The van der Waals surface area contributed by atoms with E-state index in [0.717, 1.165) is 19.1 Å². The fourth-order valence-corrected chi connectivity index (χ4v) is 2.66. The van der Waals surface area contributed by atoms with E-state index in [1.54, 1.807) is 0 Å². The summed E-state index contributed by atoms with van der Waals surface area (Å²) in [6.07, 6.45) is 18.3. The highest BCUT2D eigenvalue weighted by molar-refractivity contribution is 4.81. The van der Waals surface area contributed by atoms with Gasteiger partial charge in [-0.1, -0.05) is 57.6 Å². The molecule has 0 spiro atoms. The summed E-state index contributed by atoms with van der Waals surface area (Å²) in [5.41, 5.74) is 0. The number of piperazine rings is 1. The van der Waals surface area contributed by atoms with Gasteiger partial charge >= 0.3 is 0 Å². The molecule has 1 rings (SSSR count). The number of hydrogen-bond acceptors (Lipinski definition) is 2. The van der Waals surface area contributed by atoms with Crippen LogP contribution in [-0.2, 0) is 0 Å². The van der Waals surface area contributed by atoms with Crippen LogP contribution in [0.25, 0.3) is 0 Å². The fourth-order valence-electron chi connectivity index (χ4n) is 2.66. The molecular weight excluding hydrogens is 232 g/mol. The average Bonchev–Trinajstić information content (AvgIpc) is 2.46. The van der Waals surface area contributed by atoms with Crippen LogP contribution in [0.3, 0.4) is 0 Å². The summed E-state index contributed by atoms with van der Waals surface area (Å²) in [5, 5.41) is 7.04. The van der Waals surface area contributed by atoms with E-state index in [1.165, 1.54) is 70.8 Å². The monoisotopic (exact) mass is 266 g/mol. The van der Waals surface area contributed by atoms with Crippen molar-refractivity contribution in [3.05, 3.63) is 12.2 Å². The van der Waals surface area contributed by atoms with Crippen LogP contribution < -0.4 is 10.6 Å². The van der Waals surface area contributed by atoms with Gasteiger partial charge in [-0.2, -0.15) is 0 Å². The zero-order valence-corrected chi connectivity index (χ0v) is 12.9. The Bertz CT molecular complexity index is 207. The number of unbranched alkanes of at least 4 members (excludes halogenated alkanes) is 7. The molecule has 1 aliphatic heterocycles. The zero-order chi connectivity index (χ0) is 13.6. The molecule has 1 unspecified atom stereocenters. The maximum atomic E-state index is 3.58. The summed E-state index contributed by atoms with van der Waals surface area (Å²) in [6.45, 7) is 5.71. The smallest absolute Gasteiger partial charge is 0.0193 e. The third-order valence-corrected chi connectivity index (χ3v) is 3.94. The third kappa shape index (κ3) is 10.1. The summed E-state index contributed by atoms with van der Waals surface area (Å²) in [5.74, 6) is 0. The van der Waals surface area contributed by atoms with Crippen molar-refractivity contribution in [2.24, 2.45) is 0 Å². The topological polar surface area (TPSA) is 24.1 Å². The number of hydrogen-bond donors (Lipinski definition) is 2. The van der Waals surface area contributed by atoms with Crippen LogP contribution in [0.5, 0.6) is 0 Å². The van der Waals surface area contributed by atoms with Gasteiger partial charge in [0, 0.05) is 25.7 Å². The molecule has 112 valence electrons. The van der Waals surface area contributed by atoms with Crippen LogP contribution in [0.15, 0.2) is 12.2 Å². The normalized spacial score (nSPS) is 20.2. The number of rotatable bonds is 11. The molecule has 1 saturated heterocycles. The van der Waals surface area contributed by atoms with Crippen molar-refractivity contribution in [3.8, 4) is 0 Å². The lowest BCUT2D eigenvalue weighted by molar-refractivity contribution is 0.386. The SMILES string of the molecule is CCCC/C=C\CCCCCCCC1CNCCN1. The Balaban J connectivity index is 1.77. The van der Waals surface area contributed by atoms with Crippen LogP contribution in [0.2, 0.25) is 0 Å². The highest BCUT2D eigenvalue weighted by Crippen LogP contribution is 2.10. The second-order valence-corrected chi connectivity index (χ2v) is 5.81. The van der Waals surface area contributed by atoms with Gasteiger partial charge in [0.1, 0.15) is 0 Å². The molecule has 0 aromatic heterocycles. The fraction of sp³-hybridized carbons (Fsp3) is 0.882. The van der Waals surface area contributed by atoms with E-state index in [4.69, 9.17) is 0 Å². The Hall–Kier alpha value is -0.340. The molecule has 2 N–H and O–H groups in total. The second kappa shape index (κ2) is 12.7. The Kier molecular flexibility index (Phi) is 11.2. The predicted octanol–water partition coefficient (Wildman–Crippen LogP) is 4.02. The summed E-state index contributed by atoms with van der Waals surface area (Å²) < 4.78 is 0. The lowest BCUT2D eigenvalue weighted by Gasteiger charge is -2.24. The maximum Gasteiger partial charge on any atom is 0.0193 e. The van der Waals surface area contributed by atoms with E-state index in [9.17, 15) is 0 Å². The van der Waals surface area contributed by atoms with Gasteiger partial charge < -0.3 is 10.6 Å². The molecule has 0 radical (unpaired) electrons. The maximum absolute atomic E-state index is 3.58. The van der Waals surface area contributed by atoms with Gasteiger partial charge in [-0.05, 0) is 25.7 Å². The van der Waals surface area contributed by atoms with Crippen molar-refractivity contribution in [1.82, 2.24) is 10.6 Å². The highest BCUT2D eigenvalue weighted by Gasteiger charge is 2.10. The summed E-state index contributed by atoms with van der Waals surface area (Å²) in [7, 11) is 0.